The molecule has 4 nitrogen and oxygen atoms in total. The number of aliphatic carboxylic acids is 1. The number of carbonyl (C=O) groups is 2. The summed E-state index contributed by atoms with van der Waals surface area (Å²) < 4.78 is 0. The molecule has 6 heteroatoms. The topological polar surface area (TPSA) is 66.4 Å². The molecular weight excluding hydrogens is 286 g/mol. The Morgan fingerprint density at radius 3 is 2.68 bits per heavy atom. The fraction of sp³-hybridized carbons (Fsp3) is 0.538. The van der Waals surface area contributed by atoms with Crippen LogP contribution in [0.3, 0.4) is 0 Å². The van der Waals surface area contributed by atoms with Crippen molar-refractivity contribution in [3.63, 3.8) is 0 Å². The van der Waals surface area contributed by atoms with Crippen LogP contribution in [0.5, 0.6) is 0 Å². The predicted molar refractivity (Wildman–Crippen MR) is 76.7 cm³/mol. The number of halogens is 1. The first-order valence-corrected chi connectivity index (χ1v) is 7.40. The van der Waals surface area contributed by atoms with E-state index in [1.807, 2.05) is 18.4 Å². The van der Waals surface area contributed by atoms with Gasteiger partial charge < -0.3 is 10.4 Å². The Kier molecular flexibility index (Phi) is 5.82. The number of carboxylic acids is 1. The van der Waals surface area contributed by atoms with Gasteiger partial charge in [0.2, 0.25) is 5.91 Å². The Labute approximate surface area is 121 Å². The van der Waals surface area contributed by atoms with Gasteiger partial charge in [0, 0.05) is 16.7 Å². The van der Waals surface area contributed by atoms with E-state index >= 15 is 0 Å². The fourth-order valence-electron chi connectivity index (χ4n) is 1.81. The van der Waals surface area contributed by atoms with Crippen LogP contribution in [0.4, 0.5) is 0 Å². The molecule has 1 heterocycles. The summed E-state index contributed by atoms with van der Waals surface area (Å²) in [4.78, 5) is 24.0. The molecule has 0 fully saturated rings. The summed E-state index contributed by atoms with van der Waals surface area (Å²) in [6.07, 6.45) is 1.96. The van der Waals surface area contributed by atoms with Crippen LogP contribution in [0.15, 0.2) is 11.4 Å². The monoisotopic (exact) mass is 303 g/mol. The van der Waals surface area contributed by atoms with E-state index in [-0.39, 0.29) is 12.3 Å². The van der Waals surface area contributed by atoms with Gasteiger partial charge in [0.05, 0.1) is 5.02 Å². The lowest BCUT2D eigenvalue weighted by Crippen LogP contribution is -2.52. The third-order valence-corrected chi connectivity index (χ3v) is 4.20. The maximum Gasteiger partial charge on any atom is 0.329 e. The Morgan fingerprint density at radius 1 is 1.53 bits per heavy atom. The molecule has 1 aromatic rings. The molecule has 0 aliphatic carbocycles. The van der Waals surface area contributed by atoms with Crippen molar-refractivity contribution in [3.05, 3.63) is 21.3 Å². The second kappa shape index (κ2) is 6.91. The number of thiophene rings is 1. The first-order valence-electron chi connectivity index (χ1n) is 6.14. The molecule has 0 radical (unpaired) electrons. The number of aryl methyl sites for hydroxylation is 1. The van der Waals surface area contributed by atoms with Gasteiger partial charge in [-0.05, 0) is 25.8 Å². The molecule has 1 unspecified atom stereocenters. The van der Waals surface area contributed by atoms with Gasteiger partial charge in [0.1, 0.15) is 5.54 Å². The number of hydrogen-bond donors (Lipinski definition) is 2. The van der Waals surface area contributed by atoms with Crippen LogP contribution in [0.25, 0.3) is 0 Å². The molecule has 2 N–H and O–H groups in total. The minimum absolute atomic E-state index is 0.247. The van der Waals surface area contributed by atoms with E-state index in [0.717, 1.165) is 4.88 Å². The van der Waals surface area contributed by atoms with E-state index in [9.17, 15) is 14.7 Å². The summed E-state index contributed by atoms with van der Waals surface area (Å²) in [5.41, 5.74) is -1.18. The number of hydrogen-bond acceptors (Lipinski definition) is 3. The normalized spacial score (nSPS) is 13.8. The third-order valence-electron chi connectivity index (χ3n) is 2.86. The predicted octanol–water partition coefficient (Wildman–Crippen LogP) is 3.09. The summed E-state index contributed by atoms with van der Waals surface area (Å²) in [6, 6.07) is 1.82. The van der Waals surface area contributed by atoms with E-state index in [2.05, 4.69) is 5.32 Å². The Morgan fingerprint density at radius 2 is 2.21 bits per heavy atom. The Bertz CT molecular complexity index is 460. The number of rotatable bonds is 7. The highest BCUT2D eigenvalue weighted by Gasteiger charge is 2.33. The first kappa shape index (κ1) is 16.0. The number of carboxylic acid groups (broad SMARTS) is 1. The molecule has 0 aromatic carbocycles. The second-order valence-electron chi connectivity index (χ2n) is 4.67. The summed E-state index contributed by atoms with van der Waals surface area (Å²) in [5.74, 6) is -1.25. The lowest BCUT2D eigenvalue weighted by Gasteiger charge is -2.25. The summed E-state index contributed by atoms with van der Waals surface area (Å²) in [5, 5.41) is 14.3. The maximum atomic E-state index is 11.8. The van der Waals surface area contributed by atoms with Gasteiger partial charge in [0.25, 0.3) is 0 Å². The van der Waals surface area contributed by atoms with Crippen LogP contribution < -0.4 is 5.32 Å². The molecule has 0 aliphatic rings. The zero-order chi connectivity index (χ0) is 14.5. The van der Waals surface area contributed by atoms with Gasteiger partial charge in [-0.25, -0.2) is 4.79 Å². The smallest absolute Gasteiger partial charge is 0.329 e. The fourth-order valence-corrected chi connectivity index (χ4v) is 2.89. The average molecular weight is 304 g/mol. The van der Waals surface area contributed by atoms with E-state index in [1.165, 1.54) is 11.3 Å². The van der Waals surface area contributed by atoms with Crippen LogP contribution in [0.1, 0.15) is 38.0 Å². The SMILES string of the molecule is CCCC(C)(NC(=O)CCc1cc(Cl)cs1)C(=O)O. The number of amides is 1. The molecule has 0 bridgehead atoms. The Hall–Kier alpha value is -1.07. The van der Waals surface area contributed by atoms with Crippen LogP contribution in [0.2, 0.25) is 5.02 Å². The van der Waals surface area contributed by atoms with E-state index in [0.29, 0.717) is 24.3 Å². The van der Waals surface area contributed by atoms with Crippen molar-refractivity contribution < 1.29 is 14.7 Å². The standard InChI is InChI=1S/C13H18ClNO3S/c1-3-6-13(2,12(17)18)15-11(16)5-4-10-7-9(14)8-19-10/h7-8H,3-6H2,1-2H3,(H,15,16)(H,17,18). The van der Waals surface area contributed by atoms with Crippen molar-refractivity contribution in [2.75, 3.05) is 0 Å². The molecule has 0 saturated carbocycles. The lowest BCUT2D eigenvalue weighted by molar-refractivity contribution is -0.147. The minimum Gasteiger partial charge on any atom is -0.480 e. The highest BCUT2D eigenvalue weighted by Crippen LogP contribution is 2.20. The molecule has 1 amide bonds. The number of carbonyl (C=O) groups excluding carboxylic acids is 1. The molecule has 0 aliphatic heterocycles. The van der Waals surface area contributed by atoms with E-state index in [4.69, 9.17) is 11.6 Å². The van der Waals surface area contributed by atoms with Gasteiger partial charge in [-0.2, -0.15) is 0 Å². The first-order chi connectivity index (χ1) is 8.87. The number of nitrogens with one attached hydrogen (secondary N) is 1. The maximum absolute atomic E-state index is 11.8. The van der Waals surface area contributed by atoms with Crippen molar-refractivity contribution in [3.8, 4) is 0 Å². The lowest BCUT2D eigenvalue weighted by atomic mass is 9.96. The zero-order valence-electron chi connectivity index (χ0n) is 11.0. The molecule has 106 valence electrons. The van der Waals surface area contributed by atoms with Gasteiger partial charge in [0.15, 0.2) is 0 Å². The van der Waals surface area contributed by atoms with Gasteiger partial charge >= 0.3 is 5.97 Å². The van der Waals surface area contributed by atoms with E-state index in [1.54, 1.807) is 6.92 Å². The van der Waals surface area contributed by atoms with E-state index < -0.39 is 11.5 Å². The molecule has 0 saturated heterocycles. The van der Waals surface area contributed by atoms with Crippen molar-refractivity contribution in [1.29, 1.82) is 0 Å². The Balaban J connectivity index is 2.51. The summed E-state index contributed by atoms with van der Waals surface area (Å²) in [7, 11) is 0. The quantitative estimate of drug-likeness (QED) is 0.813. The molecule has 1 rings (SSSR count). The molecule has 19 heavy (non-hydrogen) atoms. The third kappa shape index (κ3) is 4.84. The summed E-state index contributed by atoms with van der Waals surface area (Å²) >= 11 is 7.29. The van der Waals surface area contributed by atoms with Crippen LogP contribution >= 0.6 is 22.9 Å². The van der Waals surface area contributed by atoms with Crippen LogP contribution in [-0.2, 0) is 16.0 Å². The zero-order valence-corrected chi connectivity index (χ0v) is 12.6. The molecule has 1 atom stereocenters. The largest absolute Gasteiger partial charge is 0.480 e. The van der Waals surface area contributed by atoms with Crippen LogP contribution in [-0.4, -0.2) is 22.5 Å². The minimum atomic E-state index is -1.18. The van der Waals surface area contributed by atoms with Gasteiger partial charge in [-0.1, -0.05) is 24.9 Å². The van der Waals surface area contributed by atoms with Gasteiger partial charge in [-0.3, -0.25) is 4.79 Å². The van der Waals surface area contributed by atoms with Crippen LogP contribution in [0, 0.1) is 0 Å². The second-order valence-corrected chi connectivity index (χ2v) is 6.10. The molecule has 1 aromatic heterocycles. The highest BCUT2D eigenvalue weighted by atomic mass is 35.5. The van der Waals surface area contributed by atoms with Crippen molar-refractivity contribution in [2.45, 2.75) is 45.1 Å². The van der Waals surface area contributed by atoms with Crippen molar-refractivity contribution >= 4 is 34.8 Å². The van der Waals surface area contributed by atoms with Crippen molar-refractivity contribution in [1.82, 2.24) is 5.32 Å². The highest BCUT2D eigenvalue weighted by molar-refractivity contribution is 7.10. The molecular formula is C13H18ClNO3S. The van der Waals surface area contributed by atoms with Crippen molar-refractivity contribution in [2.24, 2.45) is 0 Å². The summed E-state index contributed by atoms with van der Waals surface area (Å²) in [6.45, 7) is 3.43. The molecule has 0 spiro atoms. The average Bonchev–Trinajstić information content (AvgIpc) is 2.72. The van der Waals surface area contributed by atoms with Gasteiger partial charge in [-0.15, -0.1) is 11.3 Å².